The average molecular weight is 1620 g/mol. The lowest BCUT2D eigenvalue weighted by molar-refractivity contribution is 0.402. The van der Waals surface area contributed by atoms with E-state index in [1.165, 1.54) is 143 Å². The van der Waals surface area contributed by atoms with Crippen LogP contribution in [0.4, 0.5) is 34.1 Å². The number of para-hydroxylation sites is 1. The minimum absolute atomic E-state index is 0.0408. The predicted octanol–water partition coefficient (Wildman–Crippen LogP) is 30.3. The van der Waals surface area contributed by atoms with Gasteiger partial charge in [0.2, 0.25) is 0 Å². The van der Waals surface area contributed by atoms with E-state index >= 15 is 0 Å². The van der Waals surface area contributed by atoms with Crippen molar-refractivity contribution < 1.29 is 0 Å². The topological polar surface area (TPSA) is 21.3 Å². The fourth-order valence-corrected chi connectivity index (χ4v) is 23.4. The Balaban J connectivity index is 0.794. The van der Waals surface area contributed by atoms with E-state index in [-0.39, 0.29) is 33.8 Å². The van der Waals surface area contributed by atoms with E-state index in [1.807, 2.05) is 0 Å². The molecule has 0 radical (unpaired) electrons. The van der Waals surface area contributed by atoms with Crippen molar-refractivity contribution in [1.82, 2.24) is 13.7 Å². The Labute approximate surface area is 738 Å². The van der Waals surface area contributed by atoms with Gasteiger partial charge in [-0.1, -0.05) is 319 Å². The highest BCUT2D eigenvalue weighted by atomic mass is 15.2. The fourth-order valence-electron chi connectivity index (χ4n) is 23.4. The molecule has 5 heterocycles. The van der Waals surface area contributed by atoms with Crippen LogP contribution >= 0.6 is 0 Å². The number of nitrogens with zero attached hydrogens (tertiary/aromatic N) is 5. The number of aromatic nitrogens is 3. The lowest BCUT2D eigenvalue weighted by atomic mass is 9.33. The van der Waals surface area contributed by atoms with Gasteiger partial charge in [0.15, 0.2) is 0 Å². The first-order valence-electron chi connectivity index (χ1n) is 45.0. The van der Waals surface area contributed by atoms with E-state index in [0.717, 1.165) is 97.1 Å². The van der Waals surface area contributed by atoms with Gasteiger partial charge in [-0.05, 0) is 278 Å². The van der Waals surface area contributed by atoms with Gasteiger partial charge >= 0.3 is 0 Å². The highest BCUT2D eigenvalue weighted by Crippen LogP contribution is 2.55. The zero-order valence-corrected chi connectivity index (χ0v) is 73.4. The van der Waals surface area contributed by atoms with Crippen molar-refractivity contribution in [3.05, 3.63) is 398 Å². The zero-order valence-electron chi connectivity index (χ0n) is 73.4. The lowest BCUT2D eigenvalue weighted by Gasteiger charge is -2.44. The number of rotatable bonds is 11. The normalized spacial score (nSPS) is 15.1. The van der Waals surface area contributed by atoms with Gasteiger partial charge in [0, 0.05) is 77.8 Å². The van der Waals surface area contributed by atoms with E-state index < -0.39 is 0 Å². The van der Waals surface area contributed by atoms with Crippen LogP contribution in [0.25, 0.3) is 149 Å². The Kier molecular flexibility index (Phi) is 16.6. The third-order valence-corrected chi connectivity index (χ3v) is 28.9. The lowest BCUT2D eigenvalue weighted by Crippen LogP contribution is -2.61. The van der Waals surface area contributed by atoms with E-state index in [9.17, 15) is 0 Å². The molecule has 2 aliphatic carbocycles. The third-order valence-electron chi connectivity index (χ3n) is 28.9. The Bertz CT molecular complexity index is 7310. The van der Waals surface area contributed by atoms with Crippen LogP contribution in [0.1, 0.15) is 117 Å². The molecule has 126 heavy (non-hydrogen) atoms. The van der Waals surface area contributed by atoms with Gasteiger partial charge in [-0.15, -0.1) is 0 Å². The summed E-state index contributed by atoms with van der Waals surface area (Å²) in [6.07, 6.45) is 2.22. The third kappa shape index (κ3) is 11.8. The van der Waals surface area contributed by atoms with E-state index in [2.05, 4.69) is 470 Å². The standard InChI is InChI=1S/C120H98BN5/c1-116(2,3)87-46-61-110-98(68-87)93-34-24-25-35-105(93)126(110)92-71-113-115-114(72-92)123(89-49-38-80(39-50-89)86-41-54-100-102(67-86)120(10,11)74-118(100,6)7)112-70-91(125-108-59-44-83(77-30-20-14-21-31-77)64-96(108)97-65-84(45-60-109(97)125)78-32-22-15-23-33-78)52-56-104(112)121(115)103-55-51-90(69-111(103)122(113)88-47-36-79(37-48-88)85-40-53-99-101(66-85)119(8,9)73-117(99,4)5)124-106-57-42-81(75-26-16-12-17-27-75)62-94(106)95-63-82(43-58-107(95)124)76-28-18-13-19-29-76/h12-72H,73-74H2,1-11H3. The zero-order chi connectivity index (χ0) is 85.2. The summed E-state index contributed by atoms with van der Waals surface area (Å²) in [7, 11) is 0. The van der Waals surface area contributed by atoms with E-state index in [0.29, 0.717) is 0 Å². The molecule has 24 rings (SSSR count). The summed E-state index contributed by atoms with van der Waals surface area (Å²) < 4.78 is 7.66. The molecule has 0 atom stereocenters. The SMILES string of the molecule is CC(C)(C)c1ccc2c(c1)c1ccccc1n2-c1cc2c3c(c1)N(c1ccc(-c4ccc5c(c4)C(C)(C)CC5(C)C)cc1)c1cc(-n4c5ccc(-c6ccccc6)cc5c5cc(-c6ccccc6)ccc54)ccc1B3c1ccc(-n3c4ccc(-c5ccccc5)cc4c4cc(-c5ccccc5)ccc43)cc1N2c1ccc(-c2ccc3c(c2)C(C)(C)CC3(C)C)cc1. The summed E-state index contributed by atoms with van der Waals surface area (Å²) in [6.45, 7) is 26.2. The minimum atomic E-state index is -0.256. The molecule has 17 aromatic carbocycles. The van der Waals surface area contributed by atoms with Crippen molar-refractivity contribution in [3.8, 4) is 83.8 Å². The smallest absolute Gasteiger partial charge is 0.252 e. The van der Waals surface area contributed by atoms with Crippen LogP contribution in [0.15, 0.2) is 370 Å². The predicted molar refractivity (Wildman–Crippen MR) is 536 cm³/mol. The van der Waals surface area contributed by atoms with Crippen LogP contribution in [-0.4, -0.2) is 20.4 Å². The second kappa shape index (κ2) is 27.7. The highest BCUT2D eigenvalue weighted by Gasteiger charge is 2.47. The maximum Gasteiger partial charge on any atom is 0.252 e. The molecule has 2 aliphatic heterocycles. The van der Waals surface area contributed by atoms with E-state index in [1.54, 1.807) is 0 Å². The van der Waals surface area contributed by atoms with Gasteiger partial charge in [0.05, 0.1) is 38.8 Å². The van der Waals surface area contributed by atoms with Gasteiger partial charge in [-0.3, -0.25) is 0 Å². The summed E-state index contributed by atoms with van der Waals surface area (Å²) in [5.74, 6) is 0. The van der Waals surface area contributed by atoms with Crippen molar-refractivity contribution in [2.75, 3.05) is 9.80 Å². The monoisotopic (exact) mass is 1620 g/mol. The Morgan fingerprint density at radius 2 is 0.508 bits per heavy atom. The van der Waals surface area contributed by atoms with Crippen LogP contribution < -0.4 is 26.2 Å². The van der Waals surface area contributed by atoms with Crippen molar-refractivity contribution in [2.45, 2.75) is 116 Å². The summed E-state index contributed by atoms with van der Waals surface area (Å²) in [5.41, 5.74) is 42.1. The average Bonchev–Trinajstić information content (AvgIpc) is 1.38. The fraction of sp³-hybridized carbons (Fsp3) is 0.150. The summed E-state index contributed by atoms with van der Waals surface area (Å²) in [5, 5.41) is 7.27. The molecule has 0 bridgehead atoms. The van der Waals surface area contributed by atoms with Crippen LogP contribution in [0, 0.1) is 0 Å². The quantitative estimate of drug-likeness (QED) is 0.120. The molecule has 0 saturated carbocycles. The first-order chi connectivity index (χ1) is 61.0. The van der Waals surface area contributed by atoms with Gasteiger partial charge in [-0.25, -0.2) is 0 Å². The first-order valence-corrected chi connectivity index (χ1v) is 45.0. The Hall–Kier alpha value is -14.2. The molecule has 606 valence electrons. The molecule has 0 N–H and O–H groups in total. The molecule has 20 aromatic rings. The molecule has 5 nitrogen and oxygen atoms in total. The second-order valence-corrected chi connectivity index (χ2v) is 39.9. The number of benzene rings is 17. The Morgan fingerprint density at radius 3 is 0.889 bits per heavy atom. The summed E-state index contributed by atoms with van der Waals surface area (Å²) in [4.78, 5) is 5.30. The maximum atomic E-state index is 2.65. The molecule has 4 aliphatic rings. The molecule has 0 spiro atoms. The van der Waals surface area contributed by atoms with Crippen molar-refractivity contribution >= 4 is 123 Å². The van der Waals surface area contributed by atoms with Crippen LogP contribution in [-0.2, 0) is 27.1 Å². The second-order valence-electron chi connectivity index (χ2n) is 39.9. The minimum Gasteiger partial charge on any atom is -0.311 e. The molecule has 0 unspecified atom stereocenters. The molecule has 3 aromatic heterocycles. The van der Waals surface area contributed by atoms with Crippen LogP contribution in [0.2, 0.25) is 0 Å². The summed E-state index contributed by atoms with van der Waals surface area (Å²) in [6, 6.07) is 142. The number of hydrogen-bond acceptors (Lipinski definition) is 2. The highest BCUT2D eigenvalue weighted by molar-refractivity contribution is 7.00. The molecule has 0 saturated heterocycles. The molecular formula is C120H98BN5. The van der Waals surface area contributed by atoms with Gasteiger partial charge < -0.3 is 23.5 Å². The summed E-state index contributed by atoms with van der Waals surface area (Å²) >= 11 is 0. The van der Waals surface area contributed by atoms with Gasteiger partial charge in [0.25, 0.3) is 6.71 Å². The van der Waals surface area contributed by atoms with E-state index in [4.69, 9.17) is 0 Å². The number of anilines is 6. The molecule has 6 heteroatoms. The molecular weight excluding hydrogens is 1520 g/mol. The molecule has 0 amide bonds. The van der Waals surface area contributed by atoms with Gasteiger partial charge in [-0.2, -0.15) is 0 Å². The largest absolute Gasteiger partial charge is 0.311 e. The van der Waals surface area contributed by atoms with Gasteiger partial charge in [0.1, 0.15) is 0 Å². The van der Waals surface area contributed by atoms with Crippen LogP contribution in [0.5, 0.6) is 0 Å². The Morgan fingerprint density at radius 1 is 0.222 bits per heavy atom. The number of fused-ring (bicyclic) bond motifs is 15. The number of hydrogen-bond donors (Lipinski definition) is 0. The van der Waals surface area contributed by atoms with Crippen molar-refractivity contribution in [3.63, 3.8) is 0 Å². The van der Waals surface area contributed by atoms with Crippen molar-refractivity contribution in [1.29, 1.82) is 0 Å². The van der Waals surface area contributed by atoms with Crippen LogP contribution in [0.3, 0.4) is 0 Å². The first kappa shape index (κ1) is 75.5. The van der Waals surface area contributed by atoms with Crippen molar-refractivity contribution in [2.24, 2.45) is 0 Å². The molecule has 0 fully saturated rings. The maximum absolute atomic E-state index is 2.65.